The Morgan fingerprint density at radius 1 is 1.42 bits per heavy atom. The van der Waals surface area contributed by atoms with Gasteiger partial charge in [-0.3, -0.25) is 4.79 Å². The number of rotatable bonds is 7. The lowest BCUT2D eigenvalue weighted by Gasteiger charge is -2.17. The molecule has 0 aliphatic carbocycles. The molecule has 1 aromatic heterocycles. The number of amides is 1. The second-order valence-corrected chi connectivity index (χ2v) is 4.02. The van der Waals surface area contributed by atoms with Crippen LogP contribution < -0.4 is 10.1 Å². The molecule has 0 saturated heterocycles. The van der Waals surface area contributed by atoms with Crippen molar-refractivity contribution in [2.45, 2.75) is 32.5 Å². The van der Waals surface area contributed by atoms with Gasteiger partial charge in [0.05, 0.1) is 12.7 Å². The number of carbonyl (C=O) groups excluding carboxylic acids is 1. The number of nitrogens with zero attached hydrogens (tertiary/aromatic N) is 2. The summed E-state index contributed by atoms with van der Waals surface area (Å²) >= 11 is 0. The van der Waals surface area contributed by atoms with E-state index >= 15 is 0 Å². The summed E-state index contributed by atoms with van der Waals surface area (Å²) in [4.78, 5) is 18.5. The summed E-state index contributed by atoms with van der Waals surface area (Å²) in [5.74, 6) is -0.175. The molecule has 1 amide bonds. The van der Waals surface area contributed by atoms with Crippen molar-refractivity contribution in [1.29, 1.82) is 0 Å². The lowest BCUT2D eigenvalue weighted by atomic mass is 10.1. The van der Waals surface area contributed by atoms with Crippen molar-refractivity contribution in [2.24, 2.45) is 0 Å². The second kappa shape index (κ2) is 7.65. The first-order valence-corrected chi connectivity index (χ1v) is 6.10. The number of aliphatic hydroxyl groups excluding tert-OH is 2. The minimum atomic E-state index is -1.09. The topological polar surface area (TPSA) is 105 Å². The number of ether oxygens (including phenoxy) is 1. The summed E-state index contributed by atoms with van der Waals surface area (Å²) < 4.78 is 5.08. The number of aromatic nitrogens is 2. The van der Waals surface area contributed by atoms with Gasteiger partial charge in [0.25, 0.3) is 0 Å². The van der Waals surface area contributed by atoms with Crippen LogP contribution in [0, 0.1) is 0 Å². The predicted octanol–water partition coefficient (Wildman–Crippen LogP) is -0.204. The third-order valence-electron chi connectivity index (χ3n) is 2.44. The Kier molecular flexibility index (Phi) is 6.17. The summed E-state index contributed by atoms with van der Waals surface area (Å²) in [5, 5.41) is 22.2. The van der Waals surface area contributed by atoms with Gasteiger partial charge in [-0.2, -0.15) is 0 Å². The Bertz CT molecular complexity index is 396. The van der Waals surface area contributed by atoms with Crippen LogP contribution >= 0.6 is 0 Å². The van der Waals surface area contributed by atoms with Crippen LogP contribution in [0.15, 0.2) is 12.4 Å². The fourth-order valence-electron chi connectivity index (χ4n) is 1.46. The van der Waals surface area contributed by atoms with Crippen LogP contribution in [0.5, 0.6) is 6.01 Å². The molecule has 0 aromatic carbocycles. The van der Waals surface area contributed by atoms with Crippen molar-refractivity contribution < 1.29 is 19.7 Å². The Morgan fingerprint density at radius 3 is 2.58 bits per heavy atom. The van der Waals surface area contributed by atoms with E-state index in [0.29, 0.717) is 18.7 Å². The van der Waals surface area contributed by atoms with Gasteiger partial charge in [-0.1, -0.05) is 0 Å². The van der Waals surface area contributed by atoms with E-state index in [1.54, 1.807) is 0 Å². The molecule has 7 nitrogen and oxygen atoms in total. The zero-order chi connectivity index (χ0) is 14.3. The average Bonchev–Trinajstić information content (AvgIpc) is 2.38. The normalized spacial score (nSPS) is 13.7. The number of nitrogens with one attached hydrogen (secondary N) is 1. The van der Waals surface area contributed by atoms with Gasteiger partial charge < -0.3 is 20.3 Å². The Hall–Kier alpha value is -1.73. The summed E-state index contributed by atoms with van der Waals surface area (Å²) in [6.07, 6.45) is 0.973. The van der Waals surface area contributed by atoms with Crippen molar-refractivity contribution in [3.63, 3.8) is 0 Å². The van der Waals surface area contributed by atoms with E-state index in [-0.39, 0.29) is 18.3 Å². The lowest BCUT2D eigenvalue weighted by Crippen LogP contribution is -2.27. The Labute approximate surface area is 111 Å². The molecule has 0 fully saturated rings. The van der Waals surface area contributed by atoms with Gasteiger partial charge in [-0.05, 0) is 13.3 Å². The van der Waals surface area contributed by atoms with Gasteiger partial charge in [0.1, 0.15) is 6.10 Å². The molecule has 0 aliphatic heterocycles. The molecule has 1 aromatic rings. The van der Waals surface area contributed by atoms with Crippen LogP contribution in [-0.4, -0.2) is 45.3 Å². The van der Waals surface area contributed by atoms with Gasteiger partial charge >= 0.3 is 6.01 Å². The third kappa shape index (κ3) is 5.19. The first kappa shape index (κ1) is 15.3. The highest BCUT2D eigenvalue weighted by atomic mass is 16.5. The average molecular weight is 269 g/mol. The van der Waals surface area contributed by atoms with E-state index in [9.17, 15) is 15.0 Å². The number of hydrogen-bond acceptors (Lipinski definition) is 6. The van der Waals surface area contributed by atoms with Crippen LogP contribution in [0.3, 0.4) is 0 Å². The summed E-state index contributed by atoms with van der Waals surface area (Å²) in [6.45, 7) is 3.97. The van der Waals surface area contributed by atoms with E-state index in [0.717, 1.165) is 0 Å². The molecule has 3 N–H and O–H groups in total. The molecular formula is C12H19N3O4. The quantitative estimate of drug-likeness (QED) is 0.633. The zero-order valence-corrected chi connectivity index (χ0v) is 11.0. The fraction of sp³-hybridized carbons (Fsp3) is 0.583. The van der Waals surface area contributed by atoms with E-state index < -0.39 is 12.2 Å². The number of aliphatic hydroxyl groups is 2. The molecule has 1 heterocycles. The molecule has 19 heavy (non-hydrogen) atoms. The molecule has 2 atom stereocenters. The highest BCUT2D eigenvalue weighted by molar-refractivity contribution is 5.72. The highest BCUT2D eigenvalue weighted by Gasteiger charge is 2.19. The fourth-order valence-corrected chi connectivity index (χ4v) is 1.46. The molecule has 2 unspecified atom stereocenters. The van der Waals surface area contributed by atoms with Gasteiger partial charge in [0.15, 0.2) is 0 Å². The summed E-state index contributed by atoms with van der Waals surface area (Å²) in [5.41, 5.74) is 0.402. The Morgan fingerprint density at radius 2 is 2.05 bits per heavy atom. The summed E-state index contributed by atoms with van der Waals surface area (Å²) in [6, 6.07) is 0.228. The van der Waals surface area contributed by atoms with Crippen molar-refractivity contribution in [3.8, 4) is 6.01 Å². The number of hydrogen-bond donors (Lipinski definition) is 3. The monoisotopic (exact) mass is 269 g/mol. The smallest absolute Gasteiger partial charge is 0.316 e. The van der Waals surface area contributed by atoms with E-state index in [4.69, 9.17) is 4.74 Å². The molecule has 106 valence electrons. The third-order valence-corrected chi connectivity index (χ3v) is 2.44. The molecule has 0 spiro atoms. The van der Waals surface area contributed by atoms with Crippen LogP contribution in [0.2, 0.25) is 0 Å². The van der Waals surface area contributed by atoms with E-state index in [1.165, 1.54) is 19.3 Å². The van der Waals surface area contributed by atoms with Gasteiger partial charge in [0, 0.05) is 31.4 Å². The van der Waals surface area contributed by atoms with Crippen LogP contribution in [-0.2, 0) is 4.79 Å². The van der Waals surface area contributed by atoms with Crippen molar-refractivity contribution in [2.75, 3.05) is 13.2 Å². The standard InChI is InChI=1S/C12H19N3O4/c1-3-19-12-14-6-9(7-15-12)11(18)10(17)4-5-13-8(2)16/h6-7,10-11,17-18H,3-5H2,1-2H3,(H,13,16). The van der Waals surface area contributed by atoms with Crippen LogP contribution in [0.25, 0.3) is 0 Å². The van der Waals surface area contributed by atoms with Crippen molar-refractivity contribution in [3.05, 3.63) is 18.0 Å². The lowest BCUT2D eigenvalue weighted by molar-refractivity contribution is -0.119. The van der Waals surface area contributed by atoms with Gasteiger partial charge in [0.2, 0.25) is 5.91 Å². The molecule has 0 saturated carbocycles. The minimum Gasteiger partial charge on any atom is -0.464 e. The first-order chi connectivity index (χ1) is 9.04. The van der Waals surface area contributed by atoms with Crippen molar-refractivity contribution >= 4 is 5.91 Å². The molecule has 0 bridgehead atoms. The van der Waals surface area contributed by atoms with Crippen LogP contribution in [0.1, 0.15) is 31.9 Å². The summed E-state index contributed by atoms with van der Waals surface area (Å²) in [7, 11) is 0. The largest absolute Gasteiger partial charge is 0.464 e. The van der Waals surface area contributed by atoms with Gasteiger partial charge in [-0.25, -0.2) is 9.97 Å². The SMILES string of the molecule is CCOc1ncc(C(O)C(O)CCNC(C)=O)cn1. The van der Waals surface area contributed by atoms with Crippen LogP contribution in [0.4, 0.5) is 0 Å². The Balaban J connectivity index is 2.51. The molecule has 0 radical (unpaired) electrons. The molecule has 7 heteroatoms. The molecule has 1 rings (SSSR count). The minimum absolute atomic E-state index is 0.175. The predicted molar refractivity (Wildman–Crippen MR) is 67.5 cm³/mol. The second-order valence-electron chi connectivity index (χ2n) is 4.02. The maximum atomic E-state index is 10.7. The first-order valence-electron chi connectivity index (χ1n) is 6.10. The molecule has 0 aliphatic rings. The van der Waals surface area contributed by atoms with Gasteiger partial charge in [-0.15, -0.1) is 0 Å². The van der Waals surface area contributed by atoms with E-state index in [2.05, 4.69) is 15.3 Å². The highest BCUT2D eigenvalue weighted by Crippen LogP contribution is 2.18. The van der Waals surface area contributed by atoms with Crippen molar-refractivity contribution in [1.82, 2.24) is 15.3 Å². The maximum Gasteiger partial charge on any atom is 0.316 e. The maximum absolute atomic E-state index is 10.7. The zero-order valence-electron chi connectivity index (χ0n) is 11.0. The number of carbonyl (C=O) groups is 1. The molecular weight excluding hydrogens is 250 g/mol. The van der Waals surface area contributed by atoms with E-state index in [1.807, 2.05) is 6.92 Å².